The molecule has 1 aliphatic heterocycles. The maximum Gasteiger partial charge on any atom is 0.134 e. The summed E-state index contributed by atoms with van der Waals surface area (Å²) < 4.78 is 0. The normalized spacial score (nSPS) is 24.9. The van der Waals surface area contributed by atoms with Crippen LogP contribution in [-0.2, 0) is 0 Å². The fourth-order valence-corrected chi connectivity index (χ4v) is 2.54. The molecule has 0 bridgehead atoms. The monoisotopic (exact) mass is 242 g/mol. The van der Waals surface area contributed by atoms with Crippen molar-refractivity contribution in [2.24, 2.45) is 0 Å². The van der Waals surface area contributed by atoms with Crippen LogP contribution in [0.1, 0.15) is 25.7 Å². The molecule has 2 unspecified atom stereocenters. The van der Waals surface area contributed by atoms with Crippen molar-refractivity contribution in [2.75, 3.05) is 5.73 Å². The minimum Gasteiger partial charge on any atom is -0.383 e. The zero-order valence-electron chi connectivity index (χ0n) is 10.3. The smallest absolute Gasteiger partial charge is 0.134 e. The Balaban J connectivity index is 0.000000122. The summed E-state index contributed by atoms with van der Waals surface area (Å²) in [5.74, 6) is 0.538. The second-order valence-corrected chi connectivity index (χ2v) is 4.94. The fourth-order valence-electron chi connectivity index (χ4n) is 2.54. The van der Waals surface area contributed by atoms with Crippen molar-refractivity contribution in [2.45, 2.75) is 37.8 Å². The molecule has 2 fully saturated rings. The number of aromatic nitrogens is 2. The predicted octanol–water partition coefficient (Wildman–Crippen LogP) is 2.11. The van der Waals surface area contributed by atoms with Gasteiger partial charge in [-0.05, 0) is 25.0 Å². The molecule has 18 heavy (non-hydrogen) atoms. The second-order valence-electron chi connectivity index (χ2n) is 4.94. The van der Waals surface area contributed by atoms with Crippen LogP contribution >= 0.6 is 0 Å². The van der Waals surface area contributed by atoms with Crippen molar-refractivity contribution in [3.63, 3.8) is 0 Å². The van der Waals surface area contributed by atoms with Gasteiger partial charge in [0.25, 0.3) is 0 Å². The summed E-state index contributed by atoms with van der Waals surface area (Å²) in [6.45, 7) is 0. The van der Waals surface area contributed by atoms with E-state index in [1.54, 1.807) is 0 Å². The van der Waals surface area contributed by atoms with Gasteiger partial charge in [0.2, 0.25) is 0 Å². The number of nitrogens with zero attached hydrogens (tertiary/aromatic N) is 2. The van der Waals surface area contributed by atoms with Crippen molar-refractivity contribution in [1.29, 1.82) is 0 Å². The van der Waals surface area contributed by atoms with Crippen LogP contribution in [0.5, 0.6) is 0 Å². The van der Waals surface area contributed by atoms with E-state index in [4.69, 9.17) is 5.73 Å². The minimum absolute atomic E-state index is 0.538. The van der Waals surface area contributed by atoms with Crippen molar-refractivity contribution in [3.05, 3.63) is 30.6 Å². The maximum absolute atomic E-state index is 5.61. The Hall–Kier alpha value is -1.68. The largest absolute Gasteiger partial charge is 0.383 e. The number of rotatable bonds is 0. The Morgan fingerprint density at radius 2 is 1.78 bits per heavy atom. The number of fused-ring (bicyclic) bond motifs is 2. The van der Waals surface area contributed by atoms with Crippen molar-refractivity contribution in [1.82, 2.24) is 15.3 Å². The lowest BCUT2D eigenvalue weighted by Gasteiger charge is -2.02. The number of hydrogen-bond donors (Lipinski definition) is 2. The maximum atomic E-state index is 5.61. The van der Waals surface area contributed by atoms with Gasteiger partial charge >= 0.3 is 0 Å². The highest BCUT2D eigenvalue weighted by Crippen LogP contribution is 2.28. The summed E-state index contributed by atoms with van der Waals surface area (Å²) in [6.07, 6.45) is 7.30. The number of anilines is 1. The first kappa shape index (κ1) is 11.4. The third-order valence-electron chi connectivity index (χ3n) is 3.66. The SMILES string of the molecule is C1CCC2NC2C1.Nc1ncnc2ccccc12. The van der Waals surface area contributed by atoms with E-state index in [1.807, 2.05) is 24.3 Å². The number of nitrogen functional groups attached to an aromatic ring is 1. The zero-order chi connectivity index (χ0) is 12.4. The van der Waals surface area contributed by atoms with Crippen LogP contribution in [0.2, 0.25) is 0 Å². The lowest BCUT2D eigenvalue weighted by atomic mass is 10.0. The van der Waals surface area contributed by atoms with Crippen molar-refractivity contribution >= 4 is 16.7 Å². The van der Waals surface area contributed by atoms with Crippen LogP contribution < -0.4 is 11.1 Å². The molecular formula is C14H18N4. The number of nitrogens with two attached hydrogens (primary N) is 1. The summed E-state index contributed by atoms with van der Waals surface area (Å²) in [4.78, 5) is 7.92. The van der Waals surface area contributed by atoms with Crippen LogP contribution in [0.15, 0.2) is 30.6 Å². The minimum atomic E-state index is 0.538. The Morgan fingerprint density at radius 3 is 2.44 bits per heavy atom. The molecule has 4 nitrogen and oxygen atoms in total. The average molecular weight is 242 g/mol. The second kappa shape index (κ2) is 4.90. The zero-order valence-corrected chi connectivity index (χ0v) is 10.3. The highest BCUT2D eigenvalue weighted by atomic mass is 15.1. The molecular weight excluding hydrogens is 224 g/mol. The highest BCUT2D eigenvalue weighted by Gasteiger charge is 2.37. The van der Waals surface area contributed by atoms with Crippen LogP contribution in [0.3, 0.4) is 0 Å². The van der Waals surface area contributed by atoms with E-state index < -0.39 is 0 Å². The predicted molar refractivity (Wildman–Crippen MR) is 73.1 cm³/mol. The molecule has 1 aromatic heterocycles. The lowest BCUT2D eigenvalue weighted by Crippen LogP contribution is -2.00. The molecule has 1 aliphatic carbocycles. The third kappa shape index (κ3) is 2.43. The van der Waals surface area contributed by atoms with Gasteiger partial charge in [0.15, 0.2) is 0 Å². The molecule has 3 N–H and O–H groups in total. The Morgan fingerprint density at radius 1 is 1.06 bits per heavy atom. The van der Waals surface area contributed by atoms with Gasteiger partial charge in [0.05, 0.1) is 5.52 Å². The number of para-hydroxylation sites is 1. The van der Waals surface area contributed by atoms with Gasteiger partial charge in [0, 0.05) is 17.5 Å². The number of hydrogen-bond acceptors (Lipinski definition) is 4. The van der Waals surface area contributed by atoms with Gasteiger partial charge in [-0.1, -0.05) is 25.0 Å². The highest BCUT2D eigenvalue weighted by molar-refractivity contribution is 5.87. The molecule has 2 aromatic rings. The topological polar surface area (TPSA) is 73.7 Å². The van der Waals surface area contributed by atoms with E-state index in [2.05, 4.69) is 15.3 Å². The van der Waals surface area contributed by atoms with Gasteiger partial charge in [0.1, 0.15) is 12.1 Å². The Kier molecular flexibility index (Phi) is 3.11. The molecule has 4 heteroatoms. The van der Waals surface area contributed by atoms with E-state index in [9.17, 15) is 0 Å². The van der Waals surface area contributed by atoms with Crippen molar-refractivity contribution < 1.29 is 0 Å². The third-order valence-corrected chi connectivity index (χ3v) is 3.66. The van der Waals surface area contributed by atoms with Crippen LogP contribution in [-0.4, -0.2) is 22.1 Å². The molecule has 2 atom stereocenters. The van der Waals surface area contributed by atoms with Crippen LogP contribution in [0.4, 0.5) is 5.82 Å². The molecule has 1 aromatic carbocycles. The van der Waals surface area contributed by atoms with E-state index >= 15 is 0 Å². The molecule has 2 heterocycles. The summed E-state index contributed by atoms with van der Waals surface area (Å²) >= 11 is 0. The van der Waals surface area contributed by atoms with Gasteiger partial charge in [-0.2, -0.15) is 0 Å². The molecule has 1 saturated carbocycles. The first-order valence-electron chi connectivity index (χ1n) is 6.56. The van der Waals surface area contributed by atoms with Crippen LogP contribution in [0.25, 0.3) is 10.9 Å². The molecule has 2 aliphatic rings. The van der Waals surface area contributed by atoms with Gasteiger partial charge in [-0.25, -0.2) is 9.97 Å². The quantitative estimate of drug-likeness (QED) is 0.694. The van der Waals surface area contributed by atoms with E-state index in [-0.39, 0.29) is 0 Å². The standard InChI is InChI=1S/C8H7N3.C6H11N/c9-8-6-3-1-2-4-7(6)10-5-11-8;1-2-4-6-5(3-1)7-6/h1-5H,(H2,9,10,11);5-7H,1-4H2. The molecule has 0 amide bonds. The molecule has 94 valence electrons. The molecule has 0 spiro atoms. The number of benzene rings is 1. The Labute approximate surface area is 107 Å². The summed E-state index contributed by atoms with van der Waals surface area (Å²) in [6, 6.07) is 9.57. The van der Waals surface area contributed by atoms with Crippen molar-refractivity contribution in [3.8, 4) is 0 Å². The van der Waals surface area contributed by atoms with E-state index in [0.717, 1.165) is 23.0 Å². The first-order valence-corrected chi connectivity index (χ1v) is 6.56. The fraction of sp³-hybridized carbons (Fsp3) is 0.429. The van der Waals surface area contributed by atoms with E-state index in [0.29, 0.717) is 5.82 Å². The Bertz CT molecular complexity index is 525. The summed E-state index contributed by atoms with van der Waals surface area (Å²) in [5.41, 5.74) is 6.49. The summed E-state index contributed by atoms with van der Waals surface area (Å²) in [7, 11) is 0. The summed E-state index contributed by atoms with van der Waals surface area (Å²) in [5, 5.41) is 4.34. The van der Waals surface area contributed by atoms with Crippen LogP contribution in [0, 0.1) is 0 Å². The first-order chi connectivity index (χ1) is 8.84. The van der Waals surface area contributed by atoms with Gasteiger partial charge in [-0.3, -0.25) is 0 Å². The lowest BCUT2D eigenvalue weighted by molar-refractivity contribution is 0.571. The molecule has 1 saturated heterocycles. The van der Waals surface area contributed by atoms with E-state index in [1.165, 1.54) is 32.0 Å². The van der Waals surface area contributed by atoms with Gasteiger partial charge < -0.3 is 11.1 Å². The average Bonchev–Trinajstić information content (AvgIpc) is 3.19. The van der Waals surface area contributed by atoms with Gasteiger partial charge in [-0.15, -0.1) is 0 Å². The number of nitrogens with one attached hydrogen (secondary N) is 1. The molecule has 4 rings (SSSR count). The molecule has 0 radical (unpaired) electrons.